The Bertz CT molecular complexity index is 310. The van der Waals surface area contributed by atoms with Gasteiger partial charge in [-0.1, -0.05) is 13.8 Å². The third kappa shape index (κ3) is 4.39. The number of hydrogen-bond donors (Lipinski definition) is 2. The van der Waals surface area contributed by atoms with Crippen molar-refractivity contribution in [2.45, 2.75) is 57.9 Å². The fourth-order valence-corrected chi connectivity index (χ4v) is 2.84. The van der Waals surface area contributed by atoms with Crippen molar-refractivity contribution in [1.29, 1.82) is 0 Å². The monoisotopic (exact) mass is 248 g/mol. The van der Waals surface area contributed by atoms with E-state index in [1.165, 1.54) is 0 Å². The highest BCUT2D eigenvalue weighted by atomic mass is 32.2. The summed E-state index contributed by atoms with van der Waals surface area (Å²) in [6.07, 6.45) is 2.31. The van der Waals surface area contributed by atoms with Crippen molar-refractivity contribution in [3.05, 3.63) is 0 Å². The lowest BCUT2D eigenvalue weighted by Gasteiger charge is -2.19. The lowest BCUT2D eigenvalue weighted by atomic mass is 10.2. The second-order valence-electron chi connectivity index (χ2n) is 5.16. The summed E-state index contributed by atoms with van der Waals surface area (Å²) >= 11 is 0. The first-order valence-electron chi connectivity index (χ1n) is 6.07. The number of hydrogen-bond acceptors (Lipinski definition) is 3. The minimum absolute atomic E-state index is 0.0894. The second kappa shape index (κ2) is 5.47. The lowest BCUT2D eigenvalue weighted by molar-refractivity contribution is 0.514. The molecule has 0 aromatic carbocycles. The van der Waals surface area contributed by atoms with E-state index in [4.69, 9.17) is 0 Å². The van der Waals surface area contributed by atoms with Crippen molar-refractivity contribution < 1.29 is 8.42 Å². The predicted molar refractivity (Wildman–Crippen MR) is 66.8 cm³/mol. The molecule has 16 heavy (non-hydrogen) atoms. The molecule has 4 nitrogen and oxygen atoms in total. The molecule has 0 heterocycles. The molecule has 1 fully saturated rings. The molecule has 5 heteroatoms. The summed E-state index contributed by atoms with van der Waals surface area (Å²) in [7, 11) is -3.17. The summed E-state index contributed by atoms with van der Waals surface area (Å²) in [5.41, 5.74) is 0. The van der Waals surface area contributed by atoms with Gasteiger partial charge in [0, 0.05) is 18.6 Å². The van der Waals surface area contributed by atoms with E-state index in [-0.39, 0.29) is 11.3 Å². The van der Waals surface area contributed by atoms with E-state index < -0.39 is 10.0 Å². The Hall–Kier alpha value is -0.130. The van der Waals surface area contributed by atoms with Crippen LogP contribution in [0.2, 0.25) is 0 Å². The van der Waals surface area contributed by atoms with Crippen LogP contribution in [0.4, 0.5) is 0 Å². The Balaban J connectivity index is 2.41. The van der Waals surface area contributed by atoms with Gasteiger partial charge in [0.15, 0.2) is 0 Å². The van der Waals surface area contributed by atoms with Crippen molar-refractivity contribution in [3.63, 3.8) is 0 Å². The molecule has 0 amide bonds. The quantitative estimate of drug-likeness (QED) is 0.709. The highest BCUT2D eigenvalue weighted by Gasteiger charge is 2.32. The van der Waals surface area contributed by atoms with Crippen LogP contribution in [0.1, 0.15) is 40.5 Å². The van der Waals surface area contributed by atoms with Gasteiger partial charge in [-0.3, -0.25) is 0 Å². The molecule has 0 aromatic heterocycles. The van der Waals surface area contributed by atoms with E-state index in [9.17, 15) is 8.42 Å². The fraction of sp³-hybridized carbons (Fsp3) is 1.00. The van der Waals surface area contributed by atoms with Crippen LogP contribution in [0, 0.1) is 5.92 Å². The second-order valence-corrected chi connectivity index (χ2v) is 7.29. The molecule has 1 aliphatic rings. The maximum Gasteiger partial charge on any atom is 0.215 e. The van der Waals surface area contributed by atoms with Crippen molar-refractivity contribution in [2.24, 2.45) is 5.92 Å². The van der Waals surface area contributed by atoms with Gasteiger partial charge in [-0.2, -0.15) is 0 Å². The van der Waals surface area contributed by atoms with Crippen LogP contribution < -0.4 is 10.0 Å². The first-order chi connectivity index (χ1) is 7.33. The van der Waals surface area contributed by atoms with Crippen LogP contribution in [0.25, 0.3) is 0 Å². The van der Waals surface area contributed by atoms with E-state index in [0.29, 0.717) is 18.5 Å². The maximum absolute atomic E-state index is 11.9. The standard InChI is InChI=1S/C11H24N2O2S/c1-8(2)12-7-9(3)16(14,15)13-10(4)11-5-6-11/h8-13H,5-7H2,1-4H3. The summed E-state index contributed by atoms with van der Waals surface area (Å²) in [5.74, 6) is 0.556. The molecule has 0 bridgehead atoms. The van der Waals surface area contributed by atoms with E-state index >= 15 is 0 Å². The van der Waals surface area contributed by atoms with Gasteiger partial charge in [0.25, 0.3) is 0 Å². The van der Waals surface area contributed by atoms with E-state index in [0.717, 1.165) is 12.8 Å². The Labute approximate surface area is 99.2 Å². The Morgan fingerprint density at radius 1 is 1.19 bits per heavy atom. The van der Waals surface area contributed by atoms with Gasteiger partial charge < -0.3 is 5.32 Å². The number of sulfonamides is 1. The molecule has 1 saturated carbocycles. The van der Waals surface area contributed by atoms with Gasteiger partial charge in [-0.15, -0.1) is 0 Å². The average Bonchev–Trinajstić information content (AvgIpc) is 2.95. The minimum atomic E-state index is -3.17. The molecule has 1 rings (SSSR count). The number of rotatable bonds is 7. The fourth-order valence-electron chi connectivity index (χ4n) is 1.58. The zero-order chi connectivity index (χ0) is 12.3. The summed E-state index contributed by atoms with van der Waals surface area (Å²) in [4.78, 5) is 0. The van der Waals surface area contributed by atoms with Gasteiger partial charge in [-0.25, -0.2) is 13.1 Å². The van der Waals surface area contributed by atoms with Crippen LogP contribution in [-0.2, 0) is 10.0 Å². The molecular formula is C11H24N2O2S. The maximum atomic E-state index is 11.9. The summed E-state index contributed by atoms with van der Waals surface area (Å²) in [6, 6.07) is 0.407. The first-order valence-corrected chi connectivity index (χ1v) is 7.62. The van der Waals surface area contributed by atoms with Gasteiger partial charge in [0.05, 0.1) is 5.25 Å². The van der Waals surface area contributed by atoms with E-state index in [1.807, 2.05) is 20.8 Å². The zero-order valence-electron chi connectivity index (χ0n) is 10.7. The first kappa shape index (κ1) is 13.9. The minimum Gasteiger partial charge on any atom is -0.313 e. The molecule has 96 valence electrons. The third-order valence-corrected chi connectivity index (χ3v) is 4.95. The van der Waals surface area contributed by atoms with Crippen molar-refractivity contribution in [3.8, 4) is 0 Å². The normalized spacial score (nSPS) is 21.1. The summed E-state index contributed by atoms with van der Waals surface area (Å²) in [5, 5.41) is 2.77. The van der Waals surface area contributed by atoms with Gasteiger partial charge >= 0.3 is 0 Å². The Morgan fingerprint density at radius 3 is 2.19 bits per heavy atom. The topological polar surface area (TPSA) is 58.2 Å². The molecular weight excluding hydrogens is 224 g/mol. The molecule has 0 spiro atoms. The molecule has 1 aliphatic carbocycles. The largest absolute Gasteiger partial charge is 0.313 e. The van der Waals surface area contributed by atoms with Crippen LogP contribution in [0.15, 0.2) is 0 Å². The van der Waals surface area contributed by atoms with Crippen LogP contribution >= 0.6 is 0 Å². The van der Waals surface area contributed by atoms with Crippen molar-refractivity contribution in [1.82, 2.24) is 10.0 Å². The molecule has 2 unspecified atom stereocenters. The number of nitrogens with one attached hydrogen (secondary N) is 2. The van der Waals surface area contributed by atoms with Crippen molar-refractivity contribution in [2.75, 3.05) is 6.54 Å². The predicted octanol–water partition coefficient (Wildman–Crippen LogP) is 1.09. The average molecular weight is 248 g/mol. The molecule has 2 atom stereocenters. The Morgan fingerprint density at radius 2 is 1.75 bits per heavy atom. The smallest absolute Gasteiger partial charge is 0.215 e. The van der Waals surface area contributed by atoms with Crippen LogP contribution in [0.5, 0.6) is 0 Å². The zero-order valence-corrected chi connectivity index (χ0v) is 11.5. The molecule has 2 N–H and O–H groups in total. The molecule has 0 aliphatic heterocycles. The van der Waals surface area contributed by atoms with Crippen molar-refractivity contribution >= 4 is 10.0 Å². The molecule has 0 radical (unpaired) electrons. The van der Waals surface area contributed by atoms with Gasteiger partial charge in [0.1, 0.15) is 0 Å². The highest BCUT2D eigenvalue weighted by Crippen LogP contribution is 2.32. The summed E-state index contributed by atoms with van der Waals surface area (Å²) in [6.45, 7) is 8.23. The Kier molecular flexibility index (Phi) is 4.76. The molecule has 0 saturated heterocycles. The highest BCUT2D eigenvalue weighted by molar-refractivity contribution is 7.90. The van der Waals surface area contributed by atoms with E-state index in [2.05, 4.69) is 10.0 Å². The van der Waals surface area contributed by atoms with Crippen LogP contribution in [-0.4, -0.2) is 32.3 Å². The lowest BCUT2D eigenvalue weighted by Crippen LogP contribution is -2.44. The third-order valence-electron chi connectivity index (χ3n) is 3.02. The van der Waals surface area contributed by atoms with Gasteiger partial charge in [-0.05, 0) is 32.6 Å². The SMILES string of the molecule is CC(C)NCC(C)S(=O)(=O)NC(C)C1CC1. The molecule has 0 aromatic rings. The van der Waals surface area contributed by atoms with E-state index in [1.54, 1.807) is 6.92 Å². The summed E-state index contributed by atoms with van der Waals surface area (Å²) < 4.78 is 26.6. The van der Waals surface area contributed by atoms with Crippen LogP contribution in [0.3, 0.4) is 0 Å². The van der Waals surface area contributed by atoms with Gasteiger partial charge in [0.2, 0.25) is 10.0 Å².